The van der Waals surface area contributed by atoms with Crippen LogP contribution in [0.25, 0.3) is 0 Å². The van der Waals surface area contributed by atoms with Gasteiger partial charge in [0.05, 0.1) is 12.5 Å². The quantitative estimate of drug-likeness (QED) is 0.727. The van der Waals surface area contributed by atoms with Crippen molar-refractivity contribution in [2.75, 3.05) is 39.3 Å². The van der Waals surface area contributed by atoms with Crippen molar-refractivity contribution in [2.24, 2.45) is 5.92 Å². The van der Waals surface area contributed by atoms with E-state index in [2.05, 4.69) is 16.7 Å². The van der Waals surface area contributed by atoms with E-state index in [1.807, 2.05) is 6.92 Å². The maximum atomic E-state index is 11.7. The summed E-state index contributed by atoms with van der Waals surface area (Å²) in [7, 11) is 0. The third-order valence-corrected chi connectivity index (χ3v) is 4.67. The second-order valence-electron chi connectivity index (χ2n) is 5.73. The van der Waals surface area contributed by atoms with Crippen LogP contribution in [0.4, 0.5) is 0 Å². The molecular weight excluding hydrogens is 240 g/mol. The van der Waals surface area contributed by atoms with Crippen LogP contribution in [-0.2, 0) is 9.53 Å². The Balaban J connectivity index is 1.73. The molecule has 4 nitrogen and oxygen atoms in total. The Kier molecular flexibility index (Phi) is 5.64. The fourth-order valence-corrected chi connectivity index (χ4v) is 3.36. The monoisotopic (exact) mass is 268 g/mol. The normalized spacial score (nSPS) is 24.5. The molecule has 2 fully saturated rings. The minimum atomic E-state index is 0.0166. The van der Waals surface area contributed by atoms with Crippen molar-refractivity contribution in [1.29, 1.82) is 0 Å². The van der Waals surface area contributed by atoms with Gasteiger partial charge >= 0.3 is 5.97 Å². The lowest BCUT2D eigenvalue weighted by Gasteiger charge is -2.41. The van der Waals surface area contributed by atoms with Crippen molar-refractivity contribution in [3.05, 3.63) is 0 Å². The average molecular weight is 268 g/mol. The zero-order chi connectivity index (χ0) is 13.7. The Morgan fingerprint density at radius 2 is 1.68 bits per heavy atom. The van der Waals surface area contributed by atoms with E-state index in [4.69, 9.17) is 4.74 Å². The minimum absolute atomic E-state index is 0.0166. The van der Waals surface area contributed by atoms with Gasteiger partial charge in [-0.1, -0.05) is 6.92 Å². The zero-order valence-corrected chi connectivity index (χ0v) is 12.4. The Labute approximate surface area is 117 Å². The second-order valence-corrected chi connectivity index (χ2v) is 5.73. The Morgan fingerprint density at radius 3 is 2.21 bits per heavy atom. The average Bonchev–Trinajstić information content (AvgIpc) is 2.48. The predicted octanol–water partition coefficient (Wildman–Crippen LogP) is 1.75. The van der Waals surface area contributed by atoms with Crippen LogP contribution in [-0.4, -0.2) is 61.1 Å². The van der Waals surface area contributed by atoms with Gasteiger partial charge in [-0.3, -0.25) is 4.79 Å². The van der Waals surface area contributed by atoms with Crippen molar-refractivity contribution in [1.82, 2.24) is 9.80 Å². The molecule has 0 N–H and O–H groups in total. The maximum Gasteiger partial charge on any atom is 0.309 e. The summed E-state index contributed by atoms with van der Waals surface area (Å²) in [6, 6.07) is 0.742. The molecule has 2 aliphatic rings. The largest absolute Gasteiger partial charge is 0.466 e. The standard InChI is InChI=1S/C15H28N2O2/c1-3-16-9-7-14(8-10-16)17-11-5-13(6-12-17)15(18)19-4-2/h13-14H,3-12H2,1-2H3. The number of hydrogen-bond donors (Lipinski definition) is 0. The first-order valence-electron chi connectivity index (χ1n) is 7.87. The summed E-state index contributed by atoms with van der Waals surface area (Å²) in [5.41, 5.74) is 0. The molecule has 19 heavy (non-hydrogen) atoms. The molecule has 2 rings (SSSR count). The van der Waals surface area contributed by atoms with E-state index < -0.39 is 0 Å². The highest BCUT2D eigenvalue weighted by Crippen LogP contribution is 2.24. The number of ether oxygens (including phenoxy) is 1. The smallest absolute Gasteiger partial charge is 0.309 e. The van der Waals surface area contributed by atoms with Crippen molar-refractivity contribution >= 4 is 5.97 Å². The Bertz CT molecular complexity index is 280. The van der Waals surface area contributed by atoms with Gasteiger partial charge in [-0.2, -0.15) is 0 Å². The molecule has 2 saturated heterocycles. The fourth-order valence-electron chi connectivity index (χ4n) is 3.36. The first kappa shape index (κ1) is 14.8. The molecule has 0 aromatic rings. The molecule has 0 saturated carbocycles. The Hall–Kier alpha value is -0.610. The number of piperidine rings is 2. The molecule has 2 aliphatic heterocycles. The lowest BCUT2D eigenvalue weighted by Crippen LogP contribution is -2.48. The molecule has 0 spiro atoms. The van der Waals surface area contributed by atoms with Crippen LogP contribution >= 0.6 is 0 Å². The number of carbonyl (C=O) groups is 1. The molecular formula is C15H28N2O2. The van der Waals surface area contributed by atoms with Crippen molar-refractivity contribution in [2.45, 2.75) is 45.6 Å². The van der Waals surface area contributed by atoms with Gasteiger partial charge in [-0.25, -0.2) is 0 Å². The minimum Gasteiger partial charge on any atom is -0.466 e. The molecule has 0 bridgehead atoms. The summed E-state index contributed by atoms with van der Waals surface area (Å²) in [6.45, 7) is 10.4. The number of hydrogen-bond acceptors (Lipinski definition) is 4. The predicted molar refractivity (Wildman–Crippen MR) is 76.1 cm³/mol. The Morgan fingerprint density at radius 1 is 1.05 bits per heavy atom. The summed E-state index contributed by atoms with van der Waals surface area (Å²) in [5, 5.41) is 0. The zero-order valence-electron chi connectivity index (χ0n) is 12.4. The topological polar surface area (TPSA) is 32.8 Å². The maximum absolute atomic E-state index is 11.7. The van der Waals surface area contributed by atoms with E-state index in [9.17, 15) is 4.79 Å². The number of nitrogens with zero attached hydrogens (tertiary/aromatic N) is 2. The van der Waals surface area contributed by atoms with Crippen molar-refractivity contribution in [3.63, 3.8) is 0 Å². The highest BCUT2D eigenvalue weighted by molar-refractivity contribution is 5.72. The van der Waals surface area contributed by atoms with Crippen LogP contribution in [0.1, 0.15) is 39.5 Å². The summed E-state index contributed by atoms with van der Waals surface area (Å²) in [4.78, 5) is 16.8. The van der Waals surface area contributed by atoms with Gasteiger partial charge in [0.2, 0.25) is 0 Å². The molecule has 0 aromatic carbocycles. The first-order chi connectivity index (χ1) is 9.24. The van der Waals surface area contributed by atoms with Gasteiger partial charge in [0, 0.05) is 6.04 Å². The van der Waals surface area contributed by atoms with Gasteiger partial charge in [0.15, 0.2) is 0 Å². The molecule has 0 amide bonds. The molecule has 2 heterocycles. The molecule has 0 aliphatic carbocycles. The third-order valence-electron chi connectivity index (χ3n) is 4.67. The van der Waals surface area contributed by atoms with Gasteiger partial charge < -0.3 is 14.5 Å². The van der Waals surface area contributed by atoms with Gasteiger partial charge in [0.1, 0.15) is 0 Å². The lowest BCUT2D eigenvalue weighted by atomic mass is 9.93. The summed E-state index contributed by atoms with van der Waals surface area (Å²) >= 11 is 0. The van der Waals surface area contributed by atoms with E-state index in [0.717, 1.165) is 32.0 Å². The lowest BCUT2D eigenvalue weighted by molar-refractivity contribution is -0.149. The number of carbonyl (C=O) groups excluding carboxylic acids is 1. The van der Waals surface area contributed by atoms with Crippen LogP contribution in [0.3, 0.4) is 0 Å². The van der Waals surface area contributed by atoms with Gasteiger partial charge in [-0.05, 0) is 65.3 Å². The van der Waals surface area contributed by atoms with Gasteiger partial charge in [0.25, 0.3) is 0 Å². The van der Waals surface area contributed by atoms with Crippen LogP contribution in [0.15, 0.2) is 0 Å². The van der Waals surface area contributed by atoms with E-state index in [0.29, 0.717) is 6.61 Å². The molecule has 110 valence electrons. The summed E-state index contributed by atoms with van der Waals surface area (Å²) < 4.78 is 5.13. The first-order valence-corrected chi connectivity index (χ1v) is 7.87. The van der Waals surface area contributed by atoms with E-state index in [1.54, 1.807) is 0 Å². The summed E-state index contributed by atoms with van der Waals surface area (Å²) in [5.74, 6) is 0.162. The second kappa shape index (κ2) is 7.25. The van der Waals surface area contributed by atoms with E-state index in [-0.39, 0.29) is 11.9 Å². The number of likely N-dealkylation sites (tertiary alicyclic amines) is 2. The number of esters is 1. The molecule has 4 heteroatoms. The van der Waals surface area contributed by atoms with Gasteiger partial charge in [-0.15, -0.1) is 0 Å². The summed E-state index contributed by atoms with van der Waals surface area (Å²) in [6.07, 6.45) is 4.54. The third kappa shape index (κ3) is 3.93. The van der Waals surface area contributed by atoms with Crippen LogP contribution in [0.5, 0.6) is 0 Å². The number of rotatable bonds is 4. The SMILES string of the molecule is CCOC(=O)C1CCN(C2CCN(CC)CC2)CC1. The highest BCUT2D eigenvalue weighted by atomic mass is 16.5. The highest BCUT2D eigenvalue weighted by Gasteiger charge is 2.30. The van der Waals surface area contributed by atoms with Crippen molar-refractivity contribution < 1.29 is 9.53 Å². The molecule has 0 radical (unpaired) electrons. The van der Waals surface area contributed by atoms with Crippen molar-refractivity contribution in [3.8, 4) is 0 Å². The van der Waals surface area contributed by atoms with Crippen LogP contribution in [0, 0.1) is 5.92 Å². The molecule has 0 atom stereocenters. The van der Waals surface area contributed by atoms with E-state index >= 15 is 0 Å². The fraction of sp³-hybridized carbons (Fsp3) is 0.933. The molecule has 0 unspecified atom stereocenters. The van der Waals surface area contributed by atoms with Crippen LogP contribution < -0.4 is 0 Å². The van der Waals surface area contributed by atoms with Crippen LogP contribution in [0.2, 0.25) is 0 Å². The van der Waals surface area contributed by atoms with E-state index in [1.165, 1.54) is 32.5 Å². The molecule has 0 aromatic heterocycles.